The second kappa shape index (κ2) is 7.41. The molecule has 0 saturated heterocycles. The van der Waals surface area contributed by atoms with Crippen LogP contribution in [0.15, 0.2) is 54.6 Å². The van der Waals surface area contributed by atoms with Gasteiger partial charge in [-0.05, 0) is 31.0 Å². The minimum atomic E-state index is -0.955. The van der Waals surface area contributed by atoms with Gasteiger partial charge in [0.1, 0.15) is 0 Å². The third kappa shape index (κ3) is 4.74. The van der Waals surface area contributed by atoms with Crippen LogP contribution in [0.2, 0.25) is 0 Å². The lowest BCUT2D eigenvalue weighted by Crippen LogP contribution is -2.24. The molecule has 4 heteroatoms. The molecule has 2 aromatic rings. The fourth-order valence-electron chi connectivity index (χ4n) is 2.21. The van der Waals surface area contributed by atoms with Crippen LogP contribution < -0.4 is 5.32 Å². The Hall–Kier alpha value is -2.62. The minimum Gasteiger partial charge on any atom is -0.481 e. The molecule has 0 aromatic heterocycles. The molecule has 0 aliphatic heterocycles. The molecule has 0 saturated carbocycles. The normalized spacial score (nSPS) is 11.7. The molecule has 2 N–H and O–H groups in total. The third-order valence-corrected chi connectivity index (χ3v) is 3.44. The molecule has 0 fully saturated rings. The maximum absolute atomic E-state index is 12.0. The predicted octanol–water partition coefficient (Wildman–Crippen LogP) is 3.27. The van der Waals surface area contributed by atoms with E-state index in [1.165, 1.54) is 0 Å². The van der Waals surface area contributed by atoms with Crippen LogP contribution in [-0.2, 0) is 16.0 Å². The zero-order chi connectivity index (χ0) is 15.9. The molecule has 2 rings (SSSR count). The summed E-state index contributed by atoms with van der Waals surface area (Å²) in [5, 5.41) is 12.0. The first-order valence-corrected chi connectivity index (χ1v) is 7.18. The van der Waals surface area contributed by atoms with E-state index in [4.69, 9.17) is 0 Å². The molecule has 1 amide bonds. The van der Waals surface area contributed by atoms with Crippen LogP contribution in [-0.4, -0.2) is 17.0 Å². The van der Waals surface area contributed by atoms with E-state index in [0.29, 0.717) is 12.1 Å². The number of anilines is 1. The number of amides is 1. The number of aryl methyl sites for hydroxylation is 1. The van der Waals surface area contributed by atoms with Crippen molar-refractivity contribution in [1.29, 1.82) is 0 Å². The Kier molecular flexibility index (Phi) is 5.31. The number of hydrogen-bond acceptors (Lipinski definition) is 2. The van der Waals surface area contributed by atoms with E-state index >= 15 is 0 Å². The second-order valence-corrected chi connectivity index (χ2v) is 5.34. The summed E-state index contributed by atoms with van der Waals surface area (Å²) in [6.07, 6.45) is 0.302. The lowest BCUT2D eigenvalue weighted by molar-refractivity contribution is -0.143. The molecule has 4 nitrogen and oxygen atoms in total. The van der Waals surface area contributed by atoms with Crippen LogP contribution in [0.5, 0.6) is 0 Å². The van der Waals surface area contributed by atoms with Crippen LogP contribution in [0.4, 0.5) is 5.69 Å². The zero-order valence-electron chi connectivity index (χ0n) is 12.5. The Morgan fingerprint density at radius 3 is 2.27 bits per heavy atom. The molecule has 0 heterocycles. The summed E-state index contributed by atoms with van der Waals surface area (Å²) in [4.78, 5) is 23.4. The first-order chi connectivity index (χ1) is 10.5. The highest BCUT2D eigenvalue weighted by Crippen LogP contribution is 2.15. The van der Waals surface area contributed by atoms with Crippen molar-refractivity contribution < 1.29 is 14.7 Å². The van der Waals surface area contributed by atoms with E-state index in [1.807, 2.05) is 49.4 Å². The number of nitrogens with one attached hydrogen (secondary N) is 1. The molecule has 0 aliphatic rings. The Morgan fingerprint density at radius 2 is 1.68 bits per heavy atom. The van der Waals surface area contributed by atoms with E-state index in [-0.39, 0.29) is 12.3 Å². The lowest BCUT2D eigenvalue weighted by atomic mass is 9.95. The van der Waals surface area contributed by atoms with Gasteiger partial charge >= 0.3 is 5.97 Å². The summed E-state index contributed by atoms with van der Waals surface area (Å²) in [5.41, 5.74) is 2.72. The highest BCUT2D eigenvalue weighted by molar-refractivity contribution is 5.93. The van der Waals surface area contributed by atoms with Crippen molar-refractivity contribution in [3.8, 4) is 0 Å². The predicted molar refractivity (Wildman–Crippen MR) is 85.7 cm³/mol. The molecular formula is C18H19NO3. The fraction of sp³-hybridized carbons (Fsp3) is 0.222. The van der Waals surface area contributed by atoms with Crippen LogP contribution in [0.1, 0.15) is 17.5 Å². The van der Waals surface area contributed by atoms with E-state index < -0.39 is 11.9 Å². The SMILES string of the molecule is Cc1ccc(C[C@@H](CC(=O)Nc2ccccc2)C(=O)O)cc1. The number of rotatable bonds is 6. The van der Waals surface area contributed by atoms with Crippen LogP contribution in [0.3, 0.4) is 0 Å². The van der Waals surface area contributed by atoms with E-state index in [1.54, 1.807) is 12.1 Å². The standard InChI is InChI=1S/C18H19NO3/c1-13-7-9-14(10-8-13)11-15(18(21)22)12-17(20)19-16-5-3-2-4-6-16/h2-10,15H,11-12H2,1H3,(H,19,20)(H,21,22)/t15-/m0/s1. The first kappa shape index (κ1) is 15.8. The van der Waals surface area contributed by atoms with Gasteiger partial charge in [0.25, 0.3) is 0 Å². The minimum absolute atomic E-state index is 0.0435. The molecule has 1 atom stereocenters. The molecule has 0 spiro atoms. The monoisotopic (exact) mass is 297 g/mol. The average molecular weight is 297 g/mol. The van der Waals surface area contributed by atoms with Crippen LogP contribution in [0.25, 0.3) is 0 Å². The average Bonchev–Trinajstić information content (AvgIpc) is 2.49. The lowest BCUT2D eigenvalue weighted by Gasteiger charge is -2.13. The molecule has 0 unspecified atom stereocenters. The van der Waals surface area contributed by atoms with Crippen molar-refractivity contribution in [3.05, 3.63) is 65.7 Å². The maximum atomic E-state index is 12.0. The Bertz CT molecular complexity index is 635. The van der Waals surface area contributed by atoms with E-state index in [2.05, 4.69) is 5.32 Å². The number of carbonyl (C=O) groups excluding carboxylic acids is 1. The number of para-hydroxylation sites is 1. The van der Waals surface area contributed by atoms with Crippen molar-refractivity contribution in [2.75, 3.05) is 5.32 Å². The molecular weight excluding hydrogens is 278 g/mol. The number of carboxylic acids is 1. The fourth-order valence-corrected chi connectivity index (χ4v) is 2.21. The number of carbonyl (C=O) groups is 2. The van der Waals surface area contributed by atoms with Crippen molar-refractivity contribution in [3.63, 3.8) is 0 Å². The van der Waals surface area contributed by atoms with Gasteiger partial charge in [-0.25, -0.2) is 0 Å². The molecule has 0 bridgehead atoms. The molecule has 22 heavy (non-hydrogen) atoms. The Balaban J connectivity index is 1.98. The van der Waals surface area contributed by atoms with Gasteiger partial charge in [0.2, 0.25) is 5.91 Å². The largest absolute Gasteiger partial charge is 0.481 e. The smallest absolute Gasteiger partial charge is 0.307 e. The van der Waals surface area contributed by atoms with Gasteiger partial charge in [-0.2, -0.15) is 0 Å². The summed E-state index contributed by atoms with van der Waals surface area (Å²) in [6, 6.07) is 16.7. The van der Waals surface area contributed by atoms with Gasteiger partial charge in [0.05, 0.1) is 5.92 Å². The van der Waals surface area contributed by atoms with Crippen LogP contribution in [0, 0.1) is 12.8 Å². The van der Waals surface area contributed by atoms with Crippen LogP contribution >= 0.6 is 0 Å². The summed E-state index contributed by atoms with van der Waals surface area (Å²) < 4.78 is 0. The third-order valence-electron chi connectivity index (χ3n) is 3.44. The highest BCUT2D eigenvalue weighted by atomic mass is 16.4. The van der Waals surface area contributed by atoms with E-state index in [9.17, 15) is 14.7 Å². The molecule has 0 radical (unpaired) electrons. The van der Waals surface area contributed by atoms with E-state index in [0.717, 1.165) is 11.1 Å². The van der Waals surface area contributed by atoms with Gasteiger partial charge in [-0.15, -0.1) is 0 Å². The molecule has 114 valence electrons. The Morgan fingerprint density at radius 1 is 1.05 bits per heavy atom. The van der Waals surface area contributed by atoms with Gasteiger partial charge in [-0.1, -0.05) is 48.0 Å². The molecule has 2 aromatic carbocycles. The summed E-state index contributed by atoms with van der Waals surface area (Å²) in [7, 11) is 0. The zero-order valence-corrected chi connectivity index (χ0v) is 12.5. The van der Waals surface area contributed by atoms with Crippen molar-refractivity contribution in [1.82, 2.24) is 0 Å². The number of aliphatic carboxylic acids is 1. The number of carboxylic acid groups (broad SMARTS) is 1. The Labute approximate surface area is 129 Å². The quantitative estimate of drug-likeness (QED) is 0.860. The first-order valence-electron chi connectivity index (χ1n) is 7.18. The van der Waals surface area contributed by atoms with Gasteiger partial charge in [0, 0.05) is 12.1 Å². The summed E-state index contributed by atoms with van der Waals surface area (Å²) >= 11 is 0. The van der Waals surface area contributed by atoms with Crippen molar-refractivity contribution >= 4 is 17.6 Å². The maximum Gasteiger partial charge on any atom is 0.307 e. The highest BCUT2D eigenvalue weighted by Gasteiger charge is 2.21. The van der Waals surface area contributed by atoms with Gasteiger partial charge in [-0.3, -0.25) is 9.59 Å². The second-order valence-electron chi connectivity index (χ2n) is 5.34. The summed E-state index contributed by atoms with van der Waals surface area (Å²) in [6.45, 7) is 1.98. The molecule has 0 aliphatic carbocycles. The van der Waals surface area contributed by atoms with Crippen molar-refractivity contribution in [2.24, 2.45) is 5.92 Å². The topological polar surface area (TPSA) is 66.4 Å². The van der Waals surface area contributed by atoms with Crippen molar-refractivity contribution in [2.45, 2.75) is 19.8 Å². The summed E-state index contributed by atoms with van der Waals surface area (Å²) in [5.74, 6) is -1.97. The number of benzene rings is 2. The number of hydrogen-bond donors (Lipinski definition) is 2. The van der Waals surface area contributed by atoms with Gasteiger partial charge in [0.15, 0.2) is 0 Å². The van der Waals surface area contributed by atoms with Gasteiger partial charge < -0.3 is 10.4 Å².